The van der Waals surface area contributed by atoms with Crippen LogP contribution in [0.2, 0.25) is 0 Å². The Hall–Kier alpha value is -1.69. The number of nitrogens with one attached hydrogen (secondary N) is 1. The van der Waals surface area contributed by atoms with E-state index in [-0.39, 0.29) is 5.91 Å². The van der Waals surface area contributed by atoms with E-state index in [9.17, 15) is 4.79 Å². The van der Waals surface area contributed by atoms with Crippen LogP contribution in [0, 0.1) is 0 Å². The molecular formula is C8H13N5O. The van der Waals surface area contributed by atoms with Gasteiger partial charge in [0.2, 0.25) is 5.91 Å². The minimum Gasteiger partial charge on any atom is -0.332 e. The Labute approximate surface area is 81.8 Å². The fraction of sp³-hybridized carbons (Fsp3) is 0.375. The maximum absolute atomic E-state index is 11.3. The first kappa shape index (κ1) is 10.4. The van der Waals surface area contributed by atoms with Crippen LogP contribution in [-0.2, 0) is 11.3 Å². The molecule has 0 bridgehead atoms. The Kier molecular flexibility index (Phi) is 3.81. The predicted octanol–water partition coefficient (Wildman–Crippen LogP) is -0.722. The number of carbonyl (C=O) groups is 1. The summed E-state index contributed by atoms with van der Waals surface area (Å²) in [6, 6.07) is 0. The van der Waals surface area contributed by atoms with Crippen molar-refractivity contribution in [3.63, 3.8) is 0 Å². The summed E-state index contributed by atoms with van der Waals surface area (Å²) < 4.78 is 0. The number of rotatable bonds is 5. The van der Waals surface area contributed by atoms with E-state index in [1.165, 1.54) is 6.08 Å². The van der Waals surface area contributed by atoms with Crippen molar-refractivity contribution >= 4 is 5.91 Å². The molecule has 0 saturated carbocycles. The molecule has 0 unspecified atom stereocenters. The standard InChI is InChI=1S/C8H13N5O/c1-2-8(14)13(4-3-9)6-7-5-10-12-11-7/h2,5H,1,3-4,6,9H2,(H,10,11,12). The lowest BCUT2D eigenvalue weighted by Crippen LogP contribution is -2.33. The second kappa shape index (κ2) is 5.13. The smallest absolute Gasteiger partial charge is 0.246 e. The molecule has 0 aliphatic carbocycles. The molecule has 0 atom stereocenters. The number of hydrogen-bond acceptors (Lipinski definition) is 4. The third-order valence-electron chi connectivity index (χ3n) is 1.70. The largest absolute Gasteiger partial charge is 0.332 e. The summed E-state index contributed by atoms with van der Waals surface area (Å²) in [7, 11) is 0. The minimum atomic E-state index is -0.154. The highest BCUT2D eigenvalue weighted by atomic mass is 16.2. The van der Waals surface area contributed by atoms with Gasteiger partial charge in [-0.2, -0.15) is 15.4 Å². The first-order chi connectivity index (χ1) is 6.77. The van der Waals surface area contributed by atoms with Crippen molar-refractivity contribution in [3.05, 3.63) is 24.5 Å². The van der Waals surface area contributed by atoms with Crippen LogP contribution in [0.5, 0.6) is 0 Å². The van der Waals surface area contributed by atoms with Crippen molar-refractivity contribution in [1.82, 2.24) is 20.3 Å². The molecule has 0 radical (unpaired) electrons. The number of aromatic amines is 1. The molecule has 1 aromatic heterocycles. The van der Waals surface area contributed by atoms with Crippen LogP contribution in [0.3, 0.4) is 0 Å². The summed E-state index contributed by atoms with van der Waals surface area (Å²) in [5.74, 6) is -0.154. The van der Waals surface area contributed by atoms with Crippen LogP contribution >= 0.6 is 0 Å². The zero-order chi connectivity index (χ0) is 10.4. The normalized spacial score (nSPS) is 9.79. The predicted molar refractivity (Wildman–Crippen MR) is 51.1 cm³/mol. The highest BCUT2D eigenvalue weighted by Gasteiger charge is 2.10. The van der Waals surface area contributed by atoms with Gasteiger partial charge >= 0.3 is 0 Å². The highest BCUT2D eigenvalue weighted by Crippen LogP contribution is 1.99. The molecule has 0 spiro atoms. The summed E-state index contributed by atoms with van der Waals surface area (Å²) in [6.45, 7) is 4.72. The van der Waals surface area contributed by atoms with Gasteiger partial charge in [0, 0.05) is 13.1 Å². The molecule has 1 aromatic rings. The van der Waals surface area contributed by atoms with Gasteiger partial charge in [-0.1, -0.05) is 6.58 Å². The number of amides is 1. The number of carbonyl (C=O) groups excluding carboxylic acids is 1. The second-order valence-corrected chi connectivity index (χ2v) is 2.71. The van der Waals surface area contributed by atoms with Crippen molar-refractivity contribution < 1.29 is 4.79 Å². The minimum absolute atomic E-state index is 0.154. The second-order valence-electron chi connectivity index (χ2n) is 2.71. The Morgan fingerprint density at radius 1 is 1.79 bits per heavy atom. The van der Waals surface area contributed by atoms with Crippen LogP contribution in [0.4, 0.5) is 0 Å². The van der Waals surface area contributed by atoms with Crippen molar-refractivity contribution in [2.75, 3.05) is 13.1 Å². The summed E-state index contributed by atoms with van der Waals surface area (Å²) in [6.07, 6.45) is 2.83. The van der Waals surface area contributed by atoms with Crippen molar-refractivity contribution in [2.24, 2.45) is 5.73 Å². The number of H-pyrrole nitrogens is 1. The van der Waals surface area contributed by atoms with Crippen LogP contribution in [-0.4, -0.2) is 39.3 Å². The molecule has 6 nitrogen and oxygen atoms in total. The van der Waals surface area contributed by atoms with E-state index in [4.69, 9.17) is 5.73 Å². The topological polar surface area (TPSA) is 87.9 Å². The summed E-state index contributed by atoms with van der Waals surface area (Å²) in [4.78, 5) is 12.9. The van der Waals surface area contributed by atoms with E-state index in [0.29, 0.717) is 25.3 Å². The van der Waals surface area contributed by atoms with E-state index in [1.807, 2.05) is 0 Å². The van der Waals surface area contributed by atoms with Gasteiger partial charge in [-0.05, 0) is 6.08 Å². The molecule has 6 heteroatoms. The molecule has 0 aliphatic heterocycles. The first-order valence-electron chi connectivity index (χ1n) is 4.24. The van der Waals surface area contributed by atoms with Crippen LogP contribution in [0.15, 0.2) is 18.9 Å². The fourth-order valence-electron chi connectivity index (χ4n) is 1.05. The van der Waals surface area contributed by atoms with E-state index in [2.05, 4.69) is 22.0 Å². The molecule has 1 amide bonds. The molecule has 0 fully saturated rings. The lowest BCUT2D eigenvalue weighted by Gasteiger charge is -2.18. The number of hydrogen-bond donors (Lipinski definition) is 2. The number of aromatic nitrogens is 3. The monoisotopic (exact) mass is 195 g/mol. The Bertz CT molecular complexity index is 295. The van der Waals surface area contributed by atoms with Crippen LogP contribution in [0.1, 0.15) is 5.69 Å². The van der Waals surface area contributed by atoms with E-state index in [1.54, 1.807) is 11.1 Å². The van der Waals surface area contributed by atoms with Gasteiger partial charge in [-0.25, -0.2) is 0 Å². The third kappa shape index (κ3) is 2.67. The maximum Gasteiger partial charge on any atom is 0.246 e. The molecule has 1 rings (SSSR count). The van der Waals surface area contributed by atoms with E-state index < -0.39 is 0 Å². The molecular weight excluding hydrogens is 182 g/mol. The third-order valence-corrected chi connectivity index (χ3v) is 1.70. The first-order valence-corrected chi connectivity index (χ1v) is 4.24. The lowest BCUT2D eigenvalue weighted by molar-refractivity contribution is -0.126. The quantitative estimate of drug-likeness (QED) is 0.607. The van der Waals surface area contributed by atoms with Gasteiger partial charge in [-0.3, -0.25) is 4.79 Å². The van der Waals surface area contributed by atoms with Crippen molar-refractivity contribution in [2.45, 2.75) is 6.54 Å². The fourth-order valence-corrected chi connectivity index (χ4v) is 1.05. The molecule has 76 valence electrons. The molecule has 0 aromatic carbocycles. The van der Waals surface area contributed by atoms with Gasteiger partial charge in [-0.15, -0.1) is 0 Å². The Morgan fingerprint density at radius 3 is 3.07 bits per heavy atom. The molecule has 0 aliphatic rings. The summed E-state index contributed by atoms with van der Waals surface area (Å²) in [5, 5.41) is 9.98. The van der Waals surface area contributed by atoms with Gasteiger partial charge < -0.3 is 10.6 Å². The summed E-state index contributed by atoms with van der Waals surface area (Å²) >= 11 is 0. The van der Waals surface area contributed by atoms with Gasteiger partial charge in [0.25, 0.3) is 0 Å². The maximum atomic E-state index is 11.3. The average Bonchev–Trinajstić information content (AvgIpc) is 2.68. The zero-order valence-electron chi connectivity index (χ0n) is 7.81. The van der Waals surface area contributed by atoms with E-state index in [0.717, 1.165) is 0 Å². The molecule has 1 heterocycles. The SMILES string of the molecule is C=CC(=O)N(CCN)Cc1cn[nH]n1. The van der Waals surface area contributed by atoms with Crippen molar-refractivity contribution in [1.29, 1.82) is 0 Å². The average molecular weight is 195 g/mol. The van der Waals surface area contributed by atoms with Gasteiger partial charge in [0.15, 0.2) is 0 Å². The highest BCUT2D eigenvalue weighted by molar-refractivity contribution is 5.86. The van der Waals surface area contributed by atoms with Crippen LogP contribution < -0.4 is 5.73 Å². The molecule has 14 heavy (non-hydrogen) atoms. The zero-order valence-corrected chi connectivity index (χ0v) is 7.81. The molecule has 0 saturated heterocycles. The van der Waals surface area contributed by atoms with Crippen molar-refractivity contribution in [3.8, 4) is 0 Å². The summed E-state index contributed by atoms with van der Waals surface area (Å²) in [5.41, 5.74) is 6.08. The van der Waals surface area contributed by atoms with Gasteiger partial charge in [0.05, 0.1) is 12.7 Å². The Morgan fingerprint density at radius 2 is 2.57 bits per heavy atom. The number of nitrogens with two attached hydrogens (primary N) is 1. The van der Waals surface area contributed by atoms with E-state index >= 15 is 0 Å². The number of nitrogens with zero attached hydrogens (tertiary/aromatic N) is 3. The lowest BCUT2D eigenvalue weighted by atomic mass is 10.3. The van der Waals surface area contributed by atoms with Gasteiger partial charge in [0.1, 0.15) is 5.69 Å². The van der Waals surface area contributed by atoms with Crippen LogP contribution in [0.25, 0.3) is 0 Å². The Balaban J connectivity index is 2.59. The molecule has 3 N–H and O–H groups in total.